The number of hydrogen-bond donors (Lipinski definition) is 2. The summed E-state index contributed by atoms with van der Waals surface area (Å²) in [7, 11) is 0. The van der Waals surface area contributed by atoms with E-state index >= 15 is 0 Å². The van der Waals surface area contributed by atoms with E-state index in [-0.39, 0.29) is 6.61 Å². The molecule has 1 amide bonds. The second kappa shape index (κ2) is 7.12. The van der Waals surface area contributed by atoms with E-state index in [1.54, 1.807) is 0 Å². The molecule has 0 saturated carbocycles. The molecule has 0 spiro atoms. The first-order valence-electron chi connectivity index (χ1n) is 3.80. The first-order chi connectivity index (χ1) is 5.72. The minimum Gasteiger partial charge on any atom is -0.396 e. The predicted molar refractivity (Wildman–Crippen MR) is 51.3 cm³/mol. The summed E-state index contributed by atoms with van der Waals surface area (Å²) in [5.41, 5.74) is 5.05. The van der Waals surface area contributed by atoms with Gasteiger partial charge in [-0.05, 0) is 12.2 Å². The van der Waals surface area contributed by atoms with Gasteiger partial charge >= 0.3 is 0 Å². The molecule has 3 N–H and O–H groups in total. The van der Waals surface area contributed by atoms with E-state index < -0.39 is 5.91 Å². The average molecular weight is 190 g/mol. The molecule has 12 heavy (non-hydrogen) atoms. The molecule has 0 aliphatic rings. The van der Waals surface area contributed by atoms with E-state index in [1.807, 2.05) is 6.92 Å². The van der Waals surface area contributed by atoms with Crippen molar-refractivity contribution >= 4 is 22.7 Å². The van der Waals surface area contributed by atoms with Crippen LogP contribution < -0.4 is 5.73 Å². The second-order valence-electron chi connectivity index (χ2n) is 2.06. The molecule has 4 nitrogen and oxygen atoms in total. The zero-order chi connectivity index (χ0) is 9.40. The lowest BCUT2D eigenvalue weighted by molar-refractivity contribution is -0.111. The van der Waals surface area contributed by atoms with Crippen molar-refractivity contribution in [3.05, 3.63) is 0 Å². The van der Waals surface area contributed by atoms with Crippen LogP contribution in [-0.2, 0) is 4.79 Å². The van der Waals surface area contributed by atoms with E-state index in [0.29, 0.717) is 18.0 Å². The van der Waals surface area contributed by atoms with Crippen LogP contribution >= 0.6 is 11.8 Å². The Morgan fingerprint density at radius 2 is 2.33 bits per heavy atom. The van der Waals surface area contributed by atoms with E-state index in [9.17, 15) is 4.79 Å². The molecule has 0 aliphatic heterocycles. The van der Waals surface area contributed by atoms with E-state index in [4.69, 9.17) is 10.8 Å². The normalized spacial score (nSPS) is 11.7. The Hall–Kier alpha value is -0.550. The first kappa shape index (κ1) is 11.4. The van der Waals surface area contributed by atoms with Crippen LogP contribution in [0.1, 0.15) is 13.3 Å². The summed E-state index contributed by atoms with van der Waals surface area (Å²) in [6.45, 7) is 2.48. The standard InChI is InChI=1S/C7H14N2O2S/c1-2-12-7(6(8)11)9-4-3-5-10/h10H,2-5H2,1H3,(H2,8,11). The highest BCUT2D eigenvalue weighted by atomic mass is 32.2. The highest BCUT2D eigenvalue weighted by molar-refractivity contribution is 8.15. The minimum atomic E-state index is -0.486. The summed E-state index contributed by atoms with van der Waals surface area (Å²) in [4.78, 5) is 14.6. The number of nitrogens with zero attached hydrogens (tertiary/aromatic N) is 1. The van der Waals surface area contributed by atoms with Crippen molar-refractivity contribution in [1.29, 1.82) is 0 Å². The maximum absolute atomic E-state index is 10.7. The number of aliphatic imine (C=N–C) groups is 1. The van der Waals surface area contributed by atoms with Gasteiger partial charge in [0, 0.05) is 13.2 Å². The van der Waals surface area contributed by atoms with Crippen LogP contribution in [0, 0.1) is 0 Å². The number of amides is 1. The van der Waals surface area contributed by atoms with Gasteiger partial charge in [0.05, 0.1) is 0 Å². The molecule has 0 heterocycles. The summed E-state index contributed by atoms with van der Waals surface area (Å²) in [6, 6.07) is 0. The number of primary amides is 1. The molecule has 0 aromatic rings. The average Bonchev–Trinajstić information content (AvgIpc) is 2.03. The number of hydrogen-bond acceptors (Lipinski definition) is 4. The third-order valence-electron chi connectivity index (χ3n) is 1.06. The number of rotatable bonds is 4. The van der Waals surface area contributed by atoms with Gasteiger partial charge in [0.2, 0.25) is 0 Å². The molecule has 0 rings (SSSR count). The zero-order valence-electron chi connectivity index (χ0n) is 7.12. The Bertz CT molecular complexity index is 171. The predicted octanol–water partition coefficient (Wildman–Crippen LogP) is 0.00570. The van der Waals surface area contributed by atoms with Crippen LogP contribution in [0.5, 0.6) is 0 Å². The molecule has 0 unspecified atom stereocenters. The van der Waals surface area contributed by atoms with Gasteiger partial charge in [-0.25, -0.2) is 0 Å². The third kappa shape index (κ3) is 5.15. The number of aliphatic hydroxyl groups is 1. The Morgan fingerprint density at radius 1 is 1.67 bits per heavy atom. The van der Waals surface area contributed by atoms with Crippen molar-refractivity contribution in [2.75, 3.05) is 18.9 Å². The Labute approximate surface area is 76.2 Å². The van der Waals surface area contributed by atoms with Crippen LogP contribution in [0.15, 0.2) is 4.99 Å². The number of aliphatic hydroxyl groups excluding tert-OH is 1. The fourth-order valence-corrected chi connectivity index (χ4v) is 1.18. The van der Waals surface area contributed by atoms with Crippen LogP contribution in [-0.4, -0.2) is 35.0 Å². The van der Waals surface area contributed by atoms with Gasteiger partial charge in [0.25, 0.3) is 5.91 Å². The van der Waals surface area contributed by atoms with Gasteiger partial charge < -0.3 is 10.8 Å². The topological polar surface area (TPSA) is 75.7 Å². The molecular weight excluding hydrogens is 176 g/mol. The monoisotopic (exact) mass is 190 g/mol. The van der Waals surface area contributed by atoms with E-state index in [0.717, 1.165) is 5.75 Å². The van der Waals surface area contributed by atoms with Gasteiger partial charge in [0.1, 0.15) is 0 Å². The van der Waals surface area contributed by atoms with Gasteiger partial charge in [0.15, 0.2) is 5.04 Å². The minimum absolute atomic E-state index is 0.0896. The molecular formula is C7H14N2O2S. The molecule has 0 atom stereocenters. The van der Waals surface area contributed by atoms with Crippen molar-refractivity contribution in [3.8, 4) is 0 Å². The number of thioether (sulfide) groups is 1. The van der Waals surface area contributed by atoms with Crippen molar-refractivity contribution in [3.63, 3.8) is 0 Å². The number of nitrogens with two attached hydrogens (primary N) is 1. The van der Waals surface area contributed by atoms with Gasteiger partial charge in [-0.15, -0.1) is 11.8 Å². The van der Waals surface area contributed by atoms with Gasteiger partial charge in [-0.3, -0.25) is 9.79 Å². The third-order valence-corrected chi connectivity index (χ3v) is 1.96. The molecule has 70 valence electrons. The summed E-state index contributed by atoms with van der Waals surface area (Å²) in [5, 5.41) is 8.81. The lowest BCUT2D eigenvalue weighted by atomic mass is 10.5. The van der Waals surface area contributed by atoms with Crippen molar-refractivity contribution in [1.82, 2.24) is 0 Å². The van der Waals surface area contributed by atoms with Crippen LogP contribution in [0.3, 0.4) is 0 Å². The molecule has 0 bridgehead atoms. The molecule has 5 heteroatoms. The first-order valence-corrected chi connectivity index (χ1v) is 4.78. The van der Waals surface area contributed by atoms with Crippen molar-refractivity contribution < 1.29 is 9.90 Å². The number of carbonyl (C=O) groups excluding carboxylic acids is 1. The highest BCUT2D eigenvalue weighted by Gasteiger charge is 2.04. The smallest absolute Gasteiger partial charge is 0.273 e. The van der Waals surface area contributed by atoms with Crippen LogP contribution in [0.25, 0.3) is 0 Å². The Balaban J connectivity index is 3.90. The summed E-state index contributed by atoms with van der Waals surface area (Å²) >= 11 is 1.33. The van der Waals surface area contributed by atoms with E-state index in [2.05, 4.69) is 4.99 Å². The largest absolute Gasteiger partial charge is 0.396 e. The lowest BCUT2D eigenvalue weighted by Crippen LogP contribution is -2.21. The van der Waals surface area contributed by atoms with E-state index in [1.165, 1.54) is 11.8 Å². The summed E-state index contributed by atoms with van der Waals surface area (Å²) in [6.07, 6.45) is 0.570. The van der Waals surface area contributed by atoms with Gasteiger partial charge in [-0.1, -0.05) is 6.92 Å². The quantitative estimate of drug-likeness (QED) is 0.372. The molecule has 0 fully saturated rings. The molecule has 0 aromatic heterocycles. The fraction of sp³-hybridized carbons (Fsp3) is 0.714. The molecule has 0 aliphatic carbocycles. The SMILES string of the molecule is CCSC(=NCCCO)C(N)=O. The number of carbonyl (C=O) groups is 1. The summed E-state index contributed by atoms with van der Waals surface area (Å²) < 4.78 is 0. The molecule has 0 aromatic carbocycles. The molecule has 0 saturated heterocycles. The lowest BCUT2D eigenvalue weighted by Gasteiger charge is -1.98. The fourth-order valence-electron chi connectivity index (χ4n) is 0.583. The Morgan fingerprint density at radius 3 is 2.75 bits per heavy atom. The van der Waals surface area contributed by atoms with Gasteiger partial charge in [-0.2, -0.15) is 0 Å². The van der Waals surface area contributed by atoms with Crippen LogP contribution in [0.2, 0.25) is 0 Å². The summed E-state index contributed by atoms with van der Waals surface area (Å²) in [5.74, 6) is 0.292. The second-order valence-corrected chi connectivity index (χ2v) is 3.31. The highest BCUT2D eigenvalue weighted by Crippen LogP contribution is 2.02. The molecule has 0 radical (unpaired) electrons. The van der Waals surface area contributed by atoms with Crippen molar-refractivity contribution in [2.24, 2.45) is 10.7 Å². The zero-order valence-corrected chi connectivity index (χ0v) is 7.93. The Kier molecular flexibility index (Phi) is 6.79. The van der Waals surface area contributed by atoms with Crippen LogP contribution in [0.4, 0.5) is 0 Å². The maximum Gasteiger partial charge on any atom is 0.273 e. The maximum atomic E-state index is 10.7. The van der Waals surface area contributed by atoms with Crippen molar-refractivity contribution in [2.45, 2.75) is 13.3 Å².